The third kappa shape index (κ3) is 1.78. The minimum Gasteiger partial charge on any atom is -0.237 e. The predicted octanol–water partition coefficient (Wildman–Crippen LogP) is 1.59. The first-order valence-corrected chi connectivity index (χ1v) is 4.00. The Morgan fingerprint density at radius 3 is 2.62 bits per heavy atom. The van der Waals surface area contributed by atoms with Crippen LogP contribution >= 0.6 is 11.6 Å². The molecule has 2 aromatic rings. The molecule has 13 heavy (non-hydrogen) atoms. The van der Waals surface area contributed by atoms with Gasteiger partial charge in [-0.3, -0.25) is 0 Å². The van der Waals surface area contributed by atoms with Crippen molar-refractivity contribution >= 4 is 11.6 Å². The van der Waals surface area contributed by atoms with Crippen LogP contribution in [0.3, 0.4) is 0 Å². The highest BCUT2D eigenvalue weighted by Crippen LogP contribution is 2.14. The average Bonchev–Trinajstić information content (AvgIpc) is 2.19. The molecule has 0 bridgehead atoms. The number of hydrogen-bond donors (Lipinski definition) is 0. The van der Waals surface area contributed by atoms with Gasteiger partial charge in [0.2, 0.25) is 0 Å². The summed E-state index contributed by atoms with van der Waals surface area (Å²) in [5.74, 6) is 0.597. The van der Waals surface area contributed by atoms with E-state index in [1.807, 2.05) is 0 Å². The summed E-state index contributed by atoms with van der Waals surface area (Å²) >= 11 is 5.67. The molecule has 2 rings (SSSR count). The molecule has 0 aromatic carbocycles. The second-order valence-corrected chi connectivity index (χ2v) is 2.73. The third-order valence-electron chi connectivity index (χ3n) is 1.45. The highest BCUT2D eigenvalue weighted by molar-refractivity contribution is 6.29. The van der Waals surface area contributed by atoms with Gasteiger partial charge in [-0.05, 0) is 12.1 Å². The Bertz CT molecular complexity index is 404. The van der Waals surface area contributed by atoms with Gasteiger partial charge >= 0.3 is 0 Å². The molecular weight excluding hydrogens is 188 g/mol. The minimum absolute atomic E-state index is 0.338. The van der Waals surface area contributed by atoms with Gasteiger partial charge in [-0.25, -0.2) is 9.97 Å². The van der Waals surface area contributed by atoms with Crippen molar-refractivity contribution in [1.82, 2.24) is 20.2 Å². The van der Waals surface area contributed by atoms with Crippen molar-refractivity contribution < 1.29 is 0 Å². The second kappa shape index (κ2) is 3.45. The van der Waals surface area contributed by atoms with E-state index in [2.05, 4.69) is 20.2 Å². The summed E-state index contributed by atoms with van der Waals surface area (Å²) in [6.45, 7) is 0. The number of hydrogen-bond acceptors (Lipinski definition) is 4. The van der Waals surface area contributed by atoms with Crippen LogP contribution < -0.4 is 0 Å². The Morgan fingerprint density at radius 1 is 1.15 bits per heavy atom. The first kappa shape index (κ1) is 8.07. The summed E-state index contributed by atoms with van der Waals surface area (Å²) in [6, 6.07) is 3.42. The van der Waals surface area contributed by atoms with Gasteiger partial charge < -0.3 is 0 Å². The molecule has 0 amide bonds. The largest absolute Gasteiger partial charge is 0.237 e. The molecule has 0 saturated carbocycles. The van der Waals surface area contributed by atoms with E-state index in [0.29, 0.717) is 11.0 Å². The Hall–Kier alpha value is -1.55. The standard InChI is InChI=1S/C8H5ClN4/c9-7-4-6(5-12-13-7)8-10-2-1-3-11-8/h1-5H. The molecule has 0 saturated heterocycles. The Kier molecular flexibility index (Phi) is 2.14. The van der Waals surface area contributed by atoms with E-state index in [0.717, 1.165) is 5.56 Å². The van der Waals surface area contributed by atoms with Crippen molar-refractivity contribution in [1.29, 1.82) is 0 Å². The van der Waals surface area contributed by atoms with Crippen LogP contribution in [0.2, 0.25) is 5.15 Å². The van der Waals surface area contributed by atoms with Crippen molar-refractivity contribution in [2.24, 2.45) is 0 Å². The Balaban J connectivity index is 2.48. The molecule has 0 N–H and O–H groups in total. The smallest absolute Gasteiger partial charge is 0.160 e. The van der Waals surface area contributed by atoms with Gasteiger partial charge in [0.05, 0.1) is 6.20 Å². The van der Waals surface area contributed by atoms with Crippen LogP contribution in [0.5, 0.6) is 0 Å². The molecule has 2 heterocycles. The molecule has 0 aliphatic heterocycles. The fourth-order valence-electron chi connectivity index (χ4n) is 0.911. The highest BCUT2D eigenvalue weighted by atomic mass is 35.5. The summed E-state index contributed by atoms with van der Waals surface area (Å²) in [6.07, 6.45) is 4.90. The van der Waals surface area contributed by atoms with Gasteiger partial charge in [0.1, 0.15) is 0 Å². The summed E-state index contributed by atoms with van der Waals surface area (Å²) in [4.78, 5) is 8.11. The minimum atomic E-state index is 0.338. The summed E-state index contributed by atoms with van der Waals surface area (Å²) < 4.78 is 0. The van der Waals surface area contributed by atoms with Crippen molar-refractivity contribution in [3.8, 4) is 11.4 Å². The molecule has 64 valence electrons. The summed E-state index contributed by atoms with van der Waals surface area (Å²) in [7, 11) is 0. The lowest BCUT2D eigenvalue weighted by Gasteiger charge is -1.96. The SMILES string of the molecule is Clc1cc(-c2ncccn2)cnn1. The van der Waals surface area contributed by atoms with Crippen LogP contribution in [0.1, 0.15) is 0 Å². The molecule has 5 heteroatoms. The van der Waals surface area contributed by atoms with E-state index < -0.39 is 0 Å². The van der Waals surface area contributed by atoms with E-state index in [1.54, 1.807) is 30.7 Å². The van der Waals surface area contributed by atoms with Crippen LogP contribution in [0, 0.1) is 0 Å². The van der Waals surface area contributed by atoms with E-state index in [4.69, 9.17) is 11.6 Å². The zero-order valence-electron chi connectivity index (χ0n) is 6.55. The fourth-order valence-corrected chi connectivity index (χ4v) is 1.07. The van der Waals surface area contributed by atoms with Gasteiger partial charge in [-0.1, -0.05) is 11.6 Å². The summed E-state index contributed by atoms with van der Waals surface area (Å²) in [5, 5.41) is 7.66. The molecular formula is C8H5ClN4. The average molecular weight is 193 g/mol. The topological polar surface area (TPSA) is 51.6 Å². The first-order chi connectivity index (χ1) is 6.36. The molecule has 0 radical (unpaired) electrons. The second-order valence-electron chi connectivity index (χ2n) is 2.34. The fraction of sp³-hybridized carbons (Fsp3) is 0. The lowest BCUT2D eigenvalue weighted by atomic mass is 10.3. The number of aromatic nitrogens is 4. The van der Waals surface area contributed by atoms with E-state index in [1.165, 1.54) is 0 Å². The molecule has 4 nitrogen and oxygen atoms in total. The number of nitrogens with zero attached hydrogens (tertiary/aromatic N) is 4. The highest BCUT2D eigenvalue weighted by Gasteiger charge is 2.00. The molecule has 0 fully saturated rings. The maximum absolute atomic E-state index is 5.67. The van der Waals surface area contributed by atoms with Crippen LogP contribution in [0.15, 0.2) is 30.7 Å². The van der Waals surface area contributed by atoms with Gasteiger partial charge in [0, 0.05) is 18.0 Å². The lowest BCUT2D eigenvalue weighted by molar-refractivity contribution is 1.02. The number of halogens is 1. The zero-order chi connectivity index (χ0) is 9.10. The molecule has 0 aliphatic rings. The van der Waals surface area contributed by atoms with E-state index in [9.17, 15) is 0 Å². The molecule has 0 atom stereocenters. The van der Waals surface area contributed by atoms with E-state index in [-0.39, 0.29) is 0 Å². The van der Waals surface area contributed by atoms with Crippen LogP contribution in [0.4, 0.5) is 0 Å². The van der Waals surface area contributed by atoms with Gasteiger partial charge in [0.25, 0.3) is 0 Å². The number of rotatable bonds is 1. The van der Waals surface area contributed by atoms with Gasteiger partial charge in [-0.15, -0.1) is 5.10 Å². The molecule has 0 unspecified atom stereocenters. The molecule has 2 aromatic heterocycles. The van der Waals surface area contributed by atoms with Crippen molar-refractivity contribution in [2.75, 3.05) is 0 Å². The zero-order valence-corrected chi connectivity index (χ0v) is 7.31. The monoisotopic (exact) mass is 192 g/mol. The van der Waals surface area contributed by atoms with Crippen LogP contribution in [-0.4, -0.2) is 20.2 Å². The summed E-state index contributed by atoms with van der Waals surface area (Å²) in [5.41, 5.74) is 0.764. The maximum atomic E-state index is 5.67. The van der Waals surface area contributed by atoms with Gasteiger partial charge in [0.15, 0.2) is 11.0 Å². The lowest BCUT2D eigenvalue weighted by Crippen LogP contribution is -1.89. The third-order valence-corrected chi connectivity index (χ3v) is 1.63. The Labute approximate surface area is 79.6 Å². The molecule has 0 spiro atoms. The van der Waals surface area contributed by atoms with Gasteiger partial charge in [-0.2, -0.15) is 5.10 Å². The van der Waals surface area contributed by atoms with Crippen LogP contribution in [-0.2, 0) is 0 Å². The van der Waals surface area contributed by atoms with Crippen molar-refractivity contribution in [2.45, 2.75) is 0 Å². The first-order valence-electron chi connectivity index (χ1n) is 3.62. The molecule has 0 aliphatic carbocycles. The van der Waals surface area contributed by atoms with E-state index >= 15 is 0 Å². The Morgan fingerprint density at radius 2 is 1.92 bits per heavy atom. The predicted molar refractivity (Wildman–Crippen MR) is 48.1 cm³/mol. The normalized spacial score (nSPS) is 9.92. The quantitative estimate of drug-likeness (QED) is 0.689. The van der Waals surface area contributed by atoms with Crippen molar-refractivity contribution in [3.05, 3.63) is 35.9 Å². The van der Waals surface area contributed by atoms with Crippen LogP contribution in [0.25, 0.3) is 11.4 Å². The van der Waals surface area contributed by atoms with Crippen molar-refractivity contribution in [3.63, 3.8) is 0 Å². The maximum Gasteiger partial charge on any atom is 0.160 e.